The minimum Gasteiger partial charge on any atom is -0.326 e. The fourth-order valence-electron chi connectivity index (χ4n) is 1.78. The van der Waals surface area contributed by atoms with Crippen LogP contribution in [0.3, 0.4) is 0 Å². The molecular weight excluding hydrogens is 540 g/mol. The van der Waals surface area contributed by atoms with Gasteiger partial charge in [-0.15, -0.1) is 11.3 Å². The Hall–Kier alpha value is 0.810. The topological polar surface area (TPSA) is 43.8 Å². The minimum absolute atomic E-state index is 0.0917. The molecule has 0 amide bonds. The van der Waals surface area contributed by atoms with Crippen LogP contribution in [0.4, 0.5) is 0 Å². The average Bonchev–Trinajstić information content (AvgIpc) is 2.90. The summed E-state index contributed by atoms with van der Waals surface area (Å²) in [4.78, 5) is 5.63. The summed E-state index contributed by atoms with van der Waals surface area (Å²) in [5.74, 6) is 0. The highest BCUT2D eigenvalue weighted by atomic mass is 127. The second kappa shape index (κ2) is 6.51. The lowest BCUT2D eigenvalue weighted by atomic mass is 10.1. The van der Waals surface area contributed by atoms with Gasteiger partial charge in [0.1, 0.15) is 7.40 Å². The quantitative estimate of drug-likeness (QED) is 0.578. The lowest BCUT2D eigenvalue weighted by Crippen LogP contribution is -2.32. The van der Waals surface area contributed by atoms with Gasteiger partial charge in [-0.3, -0.25) is 0 Å². The molecule has 0 aliphatic heterocycles. The molecule has 0 aliphatic carbocycles. The van der Waals surface area contributed by atoms with Crippen LogP contribution in [0.1, 0.15) is 24.3 Å². The van der Waals surface area contributed by atoms with Gasteiger partial charge in [0.05, 0.1) is 12.4 Å². The standard InChI is InChI=1S/C11H12BrI2N3S/c1-2-7(15)9(8-3-6(12)4-18-8)17-5-16-10(13)11(17)14/h3-5,7,9H,2,15H2,1H3. The molecule has 2 aromatic rings. The van der Waals surface area contributed by atoms with Crippen LogP contribution in [0.2, 0.25) is 0 Å². The van der Waals surface area contributed by atoms with Crippen LogP contribution in [0.25, 0.3) is 0 Å². The van der Waals surface area contributed by atoms with E-state index in [-0.39, 0.29) is 12.1 Å². The van der Waals surface area contributed by atoms with Crippen LogP contribution in [0, 0.1) is 7.40 Å². The van der Waals surface area contributed by atoms with Gasteiger partial charge in [0.15, 0.2) is 0 Å². The van der Waals surface area contributed by atoms with E-state index in [4.69, 9.17) is 5.73 Å². The van der Waals surface area contributed by atoms with Gasteiger partial charge in [0.2, 0.25) is 0 Å². The van der Waals surface area contributed by atoms with Crippen LogP contribution in [0.5, 0.6) is 0 Å². The van der Waals surface area contributed by atoms with E-state index >= 15 is 0 Å². The molecule has 0 radical (unpaired) electrons. The highest BCUT2D eigenvalue weighted by molar-refractivity contribution is 14.1. The lowest BCUT2D eigenvalue weighted by Gasteiger charge is -2.24. The third kappa shape index (κ3) is 3.10. The highest BCUT2D eigenvalue weighted by Crippen LogP contribution is 2.32. The molecule has 0 bridgehead atoms. The van der Waals surface area contributed by atoms with Crippen molar-refractivity contribution in [2.45, 2.75) is 25.4 Å². The molecule has 0 spiro atoms. The van der Waals surface area contributed by atoms with Crippen LogP contribution in [0.15, 0.2) is 22.2 Å². The first-order valence-corrected chi connectivity index (χ1v) is 9.25. The highest BCUT2D eigenvalue weighted by Gasteiger charge is 2.24. The summed E-state index contributed by atoms with van der Waals surface area (Å²) < 4.78 is 5.46. The Labute approximate surface area is 146 Å². The van der Waals surface area contributed by atoms with Crippen molar-refractivity contribution in [3.8, 4) is 0 Å². The molecule has 0 aromatic carbocycles. The Morgan fingerprint density at radius 2 is 2.28 bits per heavy atom. The van der Waals surface area contributed by atoms with E-state index in [1.807, 2.05) is 6.33 Å². The van der Waals surface area contributed by atoms with Crippen LogP contribution in [-0.4, -0.2) is 15.6 Å². The van der Waals surface area contributed by atoms with Crippen molar-refractivity contribution < 1.29 is 0 Å². The molecule has 2 rings (SSSR count). The molecule has 0 fully saturated rings. The van der Waals surface area contributed by atoms with Crippen LogP contribution in [-0.2, 0) is 0 Å². The lowest BCUT2D eigenvalue weighted by molar-refractivity contribution is 0.458. The van der Waals surface area contributed by atoms with Crippen LogP contribution < -0.4 is 5.73 Å². The third-order valence-corrected chi connectivity index (χ3v) is 7.40. The van der Waals surface area contributed by atoms with Crippen molar-refractivity contribution in [1.29, 1.82) is 0 Å². The van der Waals surface area contributed by atoms with E-state index in [2.05, 4.69) is 89.0 Å². The maximum Gasteiger partial charge on any atom is 0.132 e. The molecule has 98 valence electrons. The molecule has 2 aromatic heterocycles. The summed E-state index contributed by atoms with van der Waals surface area (Å²) in [5.41, 5.74) is 6.31. The zero-order valence-electron chi connectivity index (χ0n) is 9.61. The van der Waals surface area contributed by atoms with Crippen molar-refractivity contribution in [2.75, 3.05) is 0 Å². The summed E-state index contributed by atoms with van der Waals surface area (Å²) in [6.07, 6.45) is 2.82. The van der Waals surface area contributed by atoms with E-state index in [1.165, 1.54) is 4.88 Å². The number of thiophene rings is 1. The molecule has 0 saturated heterocycles. The fourth-order valence-corrected chi connectivity index (χ4v) is 4.36. The number of halogens is 3. The Morgan fingerprint density at radius 1 is 1.56 bits per heavy atom. The van der Waals surface area contributed by atoms with Gasteiger partial charge in [-0.1, -0.05) is 6.92 Å². The van der Waals surface area contributed by atoms with Crippen molar-refractivity contribution in [1.82, 2.24) is 9.55 Å². The Morgan fingerprint density at radius 3 is 2.72 bits per heavy atom. The first-order chi connectivity index (χ1) is 8.54. The minimum atomic E-state index is 0.0917. The molecule has 18 heavy (non-hydrogen) atoms. The summed E-state index contributed by atoms with van der Waals surface area (Å²) in [6.45, 7) is 2.12. The smallest absolute Gasteiger partial charge is 0.132 e. The van der Waals surface area contributed by atoms with Gasteiger partial charge in [0, 0.05) is 20.8 Å². The van der Waals surface area contributed by atoms with E-state index < -0.39 is 0 Å². The molecule has 2 atom stereocenters. The normalized spacial score (nSPS) is 14.7. The van der Waals surface area contributed by atoms with Gasteiger partial charge < -0.3 is 10.3 Å². The van der Waals surface area contributed by atoms with Gasteiger partial charge >= 0.3 is 0 Å². The van der Waals surface area contributed by atoms with Gasteiger partial charge in [-0.05, 0) is 73.6 Å². The molecule has 0 aliphatic rings. The number of aromatic nitrogens is 2. The number of hydrogen-bond donors (Lipinski definition) is 1. The predicted octanol–water partition coefficient (Wildman–Crippen LogP) is 4.24. The maximum atomic E-state index is 6.31. The Kier molecular flexibility index (Phi) is 5.50. The molecule has 0 saturated carbocycles. The first kappa shape index (κ1) is 15.2. The summed E-state index contributed by atoms with van der Waals surface area (Å²) in [5, 5.41) is 2.10. The zero-order chi connectivity index (χ0) is 13.3. The predicted molar refractivity (Wildman–Crippen MR) is 96.1 cm³/mol. The molecular formula is C11H12BrI2N3S. The summed E-state index contributed by atoms with van der Waals surface area (Å²) in [6, 6.07) is 2.40. The maximum absolute atomic E-state index is 6.31. The Bertz CT molecular complexity index is 540. The molecule has 2 heterocycles. The first-order valence-electron chi connectivity index (χ1n) is 5.42. The van der Waals surface area contributed by atoms with Crippen molar-refractivity contribution in [3.63, 3.8) is 0 Å². The second-order valence-electron chi connectivity index (χ2n) is 3.92. The molecule has 7 heteroatoms. The molecule has 2 unspecified atom stereocenters. The van der Waals surface area contributed by atoms with E-state index in [9.17, 15) is 0 Å². The molecule has 2 N–H and O–H groups in total. The van der Waals surface area contributed by atoms with Gasteiger partial charge in [-0.2, -0.15) is 0 Å². The van der Waals surface area contributed by atoms with E-state index in [0.717, 1.165) is 18.3 Å². The monoisotopic (exact) mass is 551 g/mol. The summed E-state index contributed by atoms with van der Waals surface area (Å²) >= 11 is 9.82. The SMILES string of the molecule is CCC(N)C(c1cc(Br)cs1)n1cnc(I)c1I. The largest absolute Gasteiger partial charge is 0.326 e. The number of nitrogens with zero attached hydrogens (tertiary/aromatic N) is 2. The second-order valence-corrected chi connectivity index (χ2v) is 7.82. The molecule has 3 nitrogen and oxygen atoms in total. The fraction of sp³-hybridized carbons (Fsp3) is 0.364. The number of imidazole rings is 1. The number of nitrogens with two attached hydrogens (primary N) is 1. The number of hydrogen-bond acceptors (Lipinski definition) is 3. The van der Waals surface area contributed by atoms with E-state index in [1.54, 1.807) is 11.3 Å². The van der Waals surface area contributed by atoms with Crippen molar-refractivity contribution in [2.24, 2.45) is 5.73 Å². The van der Waals surface area contributed by atoms with Gasteiger partial charge in [-0.25, -0.2) is 4.98 Å². The van der Waals surface area contributed by atoms with E-state index in [0.29, 0.717) is 0 Å². The zero-order valence-corrected chi connectivity index (χ0v) is 16.3. The third-order valence-electron chi connectivity index (χ3n) is 2.75. The summed E-state index contributed by atoms with van der Waals surface area (Å²) in [7, 11) is 0. The van der Waals surface area contributed by atoms with Crippen molar-refractivity contribution >= 4 is 72.4 Å². The average molecular weight is 552 g/mol. The van der Waals surface area contributed by atoms with Crippen molar-refractivity contribution in [3.05, 3.63) is 34.5 Å². The Balaban J connectivity index is 2.46. The number of rotatable bonds is 4. The van der Waals surface area contributed by atoms with Gasteiger partial charge in [0.25, 0.3) is 0 Å². The van der Waals surface area contributed by atoms with Crippen LogP contribution >= 0.6 is 72.4 Å².